The van der Waals surface area contributed by atoms with Crippen molar-refractivity contribution in [2.45, 2.75) is 59.1 Å². The lowest BCUT2D eigenvalue weighted by molar-refractivity contribution is -0.458. The molecule has 0 rings (SSSR count). The molecule has 234 valence electrons. The second-order valence-corrected chi connectivity index (χ2v) is 8.79. The van der Waals surface area contributed by atoms with Gasteiger partial charge in [-0.1, -0.05) is 6.58 Å². The Morgan fingerprint density at radius 3 is 1.08 bits per heavy atom. The molecule has 0 bridgehead atoms. The molecule has 0 aliphatic heterocycles. The van der Waals surface area contributed by atoms with Crippen LogP contribution in [0, 0.1) is 0 Å². The van der Waals surface area contributed by atoms with Gasteiger partial charge in [0, 0.05) is 7.05 Å². The molecular formula is C13H6F21NO3S. The topological polar surface area (TPSA) is 46.6 Å². The number of nitrogens with zero attached hydrogens (tertiary/aromatic N) is 1. The fraction of sp³-hybridized carbons (Fsp3) is 0.846. The highest BCUT2D eigenvalue weighted by atomic mass is 32.2. The molecule has 4 nitrogen and oxygen atoms in total. The van der Waals surface area contributed by atoms with E-state index in [9.17, 15) is 101 Å². The third kappa shape index (κ3) is 4.61. The lowest BCUT2D eigenvalue weighted by atomic mass is 9.91. The third-order valence-corrected chi connectivity index (χ3v) is 6.23. The maximum Gasteiger partial charge on any atom is 0.478 e. The molecule has 0 saturated carbocycles. The van der Waals surface area contributed by atoms with Crippen molar-refractivity contribution in [2.24, 2.45) is 0 Å². The second-order valence-electron chi connectivity index (χ2n) is 6.78. The van der Waals surface area contributed by atoms with Crippen molar-refractivity contribution in [2.75, 3.05) is 7.05 Å². The molecule has 1 atom stereocenters. The van der Waals surface area contributed by atoms with E-state index >= 15 is 0 Å². The zero-order valence-electron chi connectivity index (χ0n) is 17.3. The molecule has 0 aromatic rings. The van der Waals surface area contributed by atoms with Crippen molar-refractivity contribution in [3.63, 3.8) is 0 Å². The summed E-state index contributed by atoms with van der Waals surface area (Å²) in [6, 6.07) is 0. The van der Waals surface area contributed by atoms with Crippen LogP contribution in [0.1, 0.15) is 0 Å². The summed E-state index contributed by atoms with van der Waals surface area (Å²) in [4.78, 5) is 0. The molecule has 1 unspecified atom stereocenters. The zero-order chi connectivity index (χ0) is 32.5. The Kier molecular flexibility index (Phi) is 8.77. The Bertz CT molecular complexity index is 1030. The van der Waals surface area contributed by atoms with Crippen LogP contribution in [0.25, 0.3) is 0 Å². The largest absolute Gasteiger partial charge is 0.478 e. The van der Waals surface area contributed by atoms with Crippen LogP contribution in [0.15, 0.2) is 12.8 Å². The first-order valence-corrected chi connectivity index (χ1v) is 9.65. The third-order valence-electron chi connectivity index (χ3n) is 4.37. The Hall–Kier alpha value is -2.02. The van der Waals surface area contributed by atoms with Crippen molar-refractivity contribution in [1.29, 1.82) is 0 Å². The molecule has 0 aromatic carbocycles. The molecule has 0 amide bonds. The van der Waals surface area contributed by atoms with Gasteiger partial charge in [-0.05, 0) is 0 Å². The normalized spacial score (nSPS) is 17.7. The van der Waals surface area contributed by atoms with E-state index in [0.29, 0.717) is 0 Å². The van der Waals surface area contributed by atoms with Crippen molar-refractivity contribution in [1.82, 2.24) is 4.31 Å². The average Bonchev–Trinajstić information content (AvgIpc) is 2.70. The Morgan fingerprint density at radius 1 is 0.538 bits per heavy atom. The van der Waals surface area contributed by atoms with Gasteiger partial charge in [0.25, 0.3) is 10.0 Å². The highest BCUT2D eigenvalue weighted by molar-refractivity contribution is 7.90. The van der Waals surface area contributed by atoms with E-state index < -0.39 is 86.8 Å². The highest BCUT2D eigenvalue weighted by Gasteiger charge is 2.96. The number of hydrogen-bond acceptors (Lipinski definition) is 3. The van der Waals surface area contributed by atoms with Crippen LogP contribution in [-0.4, -0.2) is 78.9 Å². The molecule has 0 saturated heterocycles. The average molecular weight is 655 g/mol. The SMILES string of the molecule is C=COC(F)(N(C)S(=O)(=O)C(F)(F)C(F)(F)C(F)(F)C(F)(F)C(F)(F)C(F)(F)C(F)(F)C(F)(F)F)C(F)(F)F. The van der Waals surface area contributed by atoms with Crippen LogP contribution >= 0.6 is 0 Å². The molecule has 26 heteroatoms. The van der Waals surface area contributed by atoms with Gasteiger partial charge >= 0.3 is 59.1 Å². The van der Waals surface area contributed by atoms with Gasteiger partial charge in [0.05, 0.1) is 6.26 Å². The molecule has 39 heavy (non-hydrogen) atoms. The van der Waals surface area contributed by atoms with Crippen LogP contribution in [0.2, 0.25) is 0 Å². The Labute approximate surface area is 200 Å². The minimum Gasteiger partial charge on any atom is -0.446 e. The number of halogens is 21. The summed E-state index contributed by atoms with van der Waals surface area (Å²) in [7, 11) is -9.81. The van der Waals surface area contributed by atoms with Crippen molar-refractivity contribution in [3.8, 4) is 0 Å². The van der Waals surface area contributed by atoms with Crippen molar-refractivity contribution >= 4 is 10.0 Å². The molecule has 0 N–H and O–H groups in total. The Morgan fingerprint density at radius 2 is 0.821 bits per heavy atom. The molecular weight excluding hydrogens is 649 g/mol. The number of ether oxygens (including phenoxy) is 1. The fourth-order valence-corrected chi connectivity index (χ4v) is 3.32. The standard InChI is InChI=1S/C13H6F21NO3S/c1-3-38-13(34,11(29,30)31)35(2)39(36,37)12(32,33)9(24,25)7(20,21)5(16,17)4(14,15)6(18,19)8(22,23)10(26,27)28/h3H,1H2,2H3. The van der Waals surface area contributed by atoms with Gasteiger partial charge in [0.2, 0.25) is 0 Å². The van der Waals surface area contributed by atoms with Gasteiger partial charge in [0.15, 0.2) is 0 Å². The first-order chi connectivity index (χ1) is 16.5. The first kappa shape index (κ1) is 37.0. The summed E-state index contributed by atoms with van der Waals surface area (Å²) in [5.41, 5.74) is 0. The van der Waals surface area contributed by atoms with Crippen LogP contribution in [-0.2, 0) is 14.8 Å². The predicted octanol–water partition coefficient (Wildman–Crippen LogP) is 6.56. The lowest BCUT2D eigenvalue weighted by Crippen LogP contribution is -2.75. The molecule has 0 aliphatic carbocycles. The summed E-state index contributed by atoms with van der Waals surface area (Å²) in [6.07, 6.45) is -15.8. The molecule has 0 aromatic heterocycles. The van der Waals surface area contributed by atoms with E-state index in [1.54, 1.807) is 0 Å². The maximum absolute atomic E-state index is 14.0. The number of rotatable bonds is 11. The van der Waals surface area contributed by atoms with Gasteiger partial charge in [-0.2, -0.15) is 92.2 Å². The van der Waals surface area contributed by atoms with Gasteiger partial charge < -0.3 is 4.74 Å². The van der Waals surface area contributed by atoms with Crippen LogP contribution in [0.3, 0.4) is 0 Å². The van der Waals surface area contributed by atoms with Gasteiger partial charge in [-0.15, -0.1) is 4.31 Å². The first-order valence-electron chi connectivity index (χ1n) is 8.21. The van der Waals surface area contributed by atoms with E-state index in [2.05, 4.69) is 11.3 Å². The quantitative estimate of drug-likeness (QED) is 0.110. The molecule has 0 spiro atoms. The number of sulfonamides is 1. The van der Waals surface area contributed by atoms with E-state index in [0.717, 1.165) is 0 Å². The summed E-state index contributed by atoms with van der Waals surface area (Å²) >= 11 is 0. The minimum absolute atomic E-state index is 0.790. The second kappa shape index (κ2) is 9.25. The number of hydrogen-bond donors (Lipinski definition) is 0. The maximum atomic E-state index is 14.0. The predicted molar refractivity (Wildman–Crippen MR) is 78.5 cm³/mol. The van der Waals surface area contributed by atoms with Gasteiger partial charge in [0.1, 0.15) is 0 Å². The Balaban J connectivity index is 7.28. The summed E-state index contributed by atoms with van der Waals surface area (Å²) < 4.78 is 300. The summed E-state index contributed by atoms with van der Waals surface area (Å²) in [5.74, 6) is -60.2. The van der Waals surface area contributed by atoms with E-state index in [-0.39, 0.29) is 0 Å². The van der Waals surface area contributed by atoms with E-state index in [1.165, 1.54) is 0 Å². The lowest BCUT2D eigenvalue weighted by Gasteiger charge is -2.43. The van der Waals surface area contributed by atoms with Crippen LogP contribution < -0.4 is 0 Å². The fourth-order valence-electron chi connectivity index (χ4n) is 2.07. The van der Waals surface area contributed by atoms with E-state index in [4.69, 9.17) is 0 Å². The minimum atomic E-state index is -9.21. The number of alkyl halides is 21. The molecule has 0 fully saturated rings. The molecule has 0 aliphatic rings. The monoisotopic (exact) mass is 655 g/mol. The highest BCUT2D eigenvalue weighted by Crippen LogP contribution is 2.64. The van der Waals surface area contributed by atoms with Gasteiger partial charge in [-0.3, -0.25) is 0 Å². The zero-order valence-corrected chi connectivity index (χ0v) is 18.1. The van der Waals surface area contributed by atoms with Crippen LogP contribution in [0.4, 0.5) is 92.2 Å². The van der Waals surface area contributed by atoms with Gasteiger partial charge in [-0.25, -0.2) is 8.42 Å². The van der Waals surface area contributed by atoms with Crippen molar-refractivity contribution in [3.05, 3.63) is 12.8 Å². The van der Waals surface area contributed by atoms with Crippen molar-refractivity contribution < 1.29 is 105 Å². The molecule has 0 radical (unpaired) electrons. The molecule has 0 heterocycles. The summed E-state index contributed by atoms with van der Waals surface area (Å²) in [5, 5.41) is -8.42. The summed E-state index contributed by atoms with van der Waals surface area (Å²) in [6.45, 7) is 2.16. The smallest absolute Gasteiger partial charge is 0.446 e. The van der Waals surface area contributed by atoms with Crippen LogP contribution in [0.5, 0.6) is 0 Å². The van der Waals surface area contributed by atoms with E-state index in [1.807, 2.05) is 0 Å².